The molecule has 1 rings (SSSR count). The number of nitrogens with one attached hydrogen (secondary N) is 2. The van der Waals surface area contributed by atoms with Gasteiger partial charge in [0.15, 0.2) is 5.96 Å². The SMILES string of the molecule is CSCCNC(=NCC(C)(C)SC)NCCc1ccco1.I. The first-order chi connectivity index (χ1) is 10.1. The van der Waals surface area contributed by atoms with Gasteiger partial charge < -0.3 is 15.1 Å². The fraction of sp³-hybridized carbons (Fsp3) is 0.667. The highest BCUT2D eigenvalue weighted by atomic mass is 127. The number of thioether (sulfide) groups is 2. The van der Waals surface area contributed by atoms with Crippen molar-refractivity contribution in [2.45, 2.75) is 25.0 Å². The van der Waals surface area contributed by atoms with Gasteiger partial charge in [-0.2, -0.15) is 23.5 Å². The molecule has 2 N–H and O–H groups in total. The molecule has 0 aliphatic rings. The first-order valence-corrected chi connectivity index (χ1v) is 9.78. The van der Waals surface area contributed by atoms with Gasteiger partial charge in [-0.3, -0.25) is 4.99 Å². The van der Waals surface area contributed by atoms with E-state index in [4.69, 9.17) is 9.41 Å². The van der Waals surface area contributed by atoms with E-state index in [2.05, 4.69) is 37.0 Å². The number of hydrogen-bond donors (Lipinski definition) is 2. The molecule has 0 aliphatic heterocycles. The predicted molar refractivity (Wildman–Crippen MR) is 112 cm³/mol. The van der Waals surface area contributed by atoms with Gasteiger partial charge in [-0.05, 0) is 38.5 Å². The molecule has 0 unspecified atom stereocenters. The standard InChI is InChI=1S/C15H27N3OS2.HI/c1-15(2,21-4)12-18-14(17-9-11-20-3)16-8-7-13-6-5-10-19-13;/h5-6,10H,7-9,11-12H2,1-4H3,(H2,16,17,18);1H. The monoisotopic (exact) mass is 457 g/mol. The van der Waals surface area contributed by atoms with Crippen LogP contribution in [-0.4, -0.2) is 48.6 Å². The third-order valence-electron chi connectivity index (χ3n) is 3.01. The number of guanidine groups is 1. The summed E-state index contributed by atoms with van der Waals surface area (Å²) in [5.74, 6) is 2.96. The van der Waals surface area contributed by atoms with Gasteiger partial charge in [-0.25, -0.2) is 0 Å². The minimum Gasteiger partial charge on any atom is -0.469 e. The van der Waals surface area contributed by atoms with Gasteiger partial charge in [0, 0.05) is 30.0 Å². The van der Waals surface area contributed by atoms with Crippen LogP contribution in [0.4, 0.5) is 0 Å². The third-order valence-corrected chi connectivity index (χ3v) is 4.86. The molecule has 0 saturated heterocycles. The van der Waals surface area contributed by atoms with E-state index in [-0.39, 0.29) is 28.7 Å². The number of halogens is 1. The van der Waals surface area contributed by atoms with Crippen LogP contribution >= 0.6 is 47.5 Å². The van der Waals surface area contributed by atoms with Gasteiger partial charge >= 0.3 is 0 Å². The van der Waals surface area contributed by atoms with Crippen LogP contribution in [0.15, 0.2) is 27.8 Å². The summed E-state index contributed by atoms with van der Waals surface area (Å²) in [4.78, 5) is 4.69. The maximum atomic E-state index is 5.34. The molecule has 4 nitrogen and oxygen atoms in total. The molecule has 128 valence electrons. The summed E-state index contributed by atoms with van der Waals surface area (Å²) in [5.41, 5.74) is 0. The molecule has 0 aliphatic carbocycles. The summed E-state index contributed by atoms with van der Waals surface area (Å²) >= 11 is 3.67. The first kappa shape index (κ1) is 22.0. The summed E-state index contributed by atoms with van der Waals surface area (Å²) in [6.45, 7) is 6.96. The van der Waals surface area contributed by atoms with Crippen molar-refractivity contribution in [1.82, 2.24) is 10.6 Å². The molecule has 22 heavy (non-hydrogen) atoms. The Balaban J connectivity index is 0.00000441. The zero-order chi connectivity index (χ0) is 15.6. The number of nitrogens with zero attached hydrogens (tertiary/aromatic N) is 1. The Hall–Kier alpha value is -0.0200. The Morgan fingerprint density at radius 1 is 1.27 bits per heavy atom. The first-order valence-electron chi connectivity index (χ1n) is 7.16. The molecule has 7 heteroatoms. The summed E-state index contributed by atoms with van der Waals surface area (Å²) in [6.07, 6.45) is 6.81. The highest BCUT2D eigenvalue weighted by Gasteiger charge is 2.15. The fourth-order valence-electron chi connectivity index (χ4n) is 1.54. The topological polar surface area (TPSA) is 49.6 Å². The lowest BCUT2D eigenvalue weighted by Crippen LogP contribution is -2.40. The molecule has 0 radical (unpaired) electrons. The smallest absolute Gasteiger partial charge is 0.191 e. The highest BCUT2D eigenvalue weighted by molar-refractivity contribution is 14.0. The molecular formula is C15H28IN3OS2. The largest absolute Gasteiger partial charge is 0.469 e. The molecule has 0 bridgehead atoms. The Labute approximate surface area is 160 Å². The molecule has 0 spiro atoms. The summed E-state index contributed by atoms with van der Waals surface area (Å²) in [7, 11) is 0. The second kappa shape index (κ2) is 12.4. The summed E-state index contributed by atoms with van der Waals surface area (Å²) in [6, 6.07) is 3.92. The molecule has 0 saturated carbocycles. The Morgan fingerprint density at radius 2 is 2.00 bits per heavy atom. The zero-order valence-corrected chi connectivity index (χ0v) is 17.8. The molecule has 0 amide bonds. The van der Waals surface area contributed by atoms with E-state index in [1.807, 2.05) is 35.7 Å². The van der Waals surface area contributed by atoms with Gasteiger partial charge in [-0.1, -0.05) is 0 Å². The van der Waals surface area contributed by atoms with Crippen molar-refractivity contribution in [3.8, 4) is 0 Å². The van der Waals surface area contributed by atoms with Crippen LogP contribution in [-0.2, 0) is 6.42 Å². The second-order valence-electron chi connectivity index (χ2n) is 5.30. The maximum absolute atomic E-state index is 5.34. The van der Waals surface area contributed by atoms with Crippen molar-refractivity contribution in [3.05, 3.63) is 24.2 Å². The average Bonchev–Trinajstić information content (AvgIpc) is 2.98. The van der Waals surface area contributed by atoms with Crippen molar-refractivity contribution < 1.29 is 4.42 Å². The predicted octanol–water partition coefficient (Wildman–Crippen LogP) is 3.48. The van der Waals surface area contributed by atoms with E-state index >= 15 is 0 Å². The number of rotatable bonds is 9. The highest BCUT2D eigenvalue weighted by Crippen LogP contribution is 2.20. The minimum absolute atomic E-state index is 0. The molecule has 1 aromatic rings. The number of furan rings is 1. The van der Waals surface area contributed by atoms with E-state index in [1.165, 1.54) is 0 Å². The maximum Gasteiger partial charge on any atom is 0.191 e. The number of aliphatic imine (C=N–C) groups is 1. The van der Waals surface area contributed by atoms with Crippen molar-refractivity contribution >= 4 is 53.5 Å². The van der Waals surface area contributed by atoms with Crippen molar-refractivity contribution in [3.63, 3.8) is 0 Å². The quantitative estimate of drug-likeness (QED) is 0.257. The third kappa shape index (κ3) is 9.89. The van der Waals surface area contributed by atoms with E-state index in [0.29, 0.717) is 0 Å². The Morgan fingerprint density at radius 3 is 2.59 bits per heavy atom. The van der Waals surface area contributed by atoms with Gasteiger partial charge in [-0.15, -0.1) is 24.0 Å². The van der Waals surface area contributed by atoms with Crippen LogP contribution in [0.1, 0.15) is 19.6 Å². The second-order valence-corrected chi connectivity index (χ2v) is 7.80. The Bertz CT molecular complexity index is 411. The fourth-order valence-corrected chi connectivity index (χ4v) is 2.04. The zero-order valence-electron chi connectivity index (χ0n) is 13.8. The lowest BCUT2D eigenvalue weighted by Gasteiger charge is -2.20. The van der Waals surface area contributed by atoms with E-state index < -0.39 is 0 Å². The van der Waals surface area contributed by atoms with Crippen LogP contribution in [0.3, 0.4) is 0 Å². The van der Waals surface area contributed by atoms with Crippen LogP contribution in [0.2, 0.25) is 0 Å². The molecule has 1 aromatic heterocycles. The lowest BCUT2D eigenvalue weighted by atomic mass is 10.2. The van der Waals surface area contributed by atoms with Gasteiger partial charge in [0.05, 0.1) is 12.8 Å². The van der Waals surface area contributed by atoms with Gasteiger partial charge in [0.2, 0.25) is 0 Å². The van der Waals surface area contributed by atoms with E-state index in [1.54, 1.807) is 6.26 Å². The molecule has 0 aromatic carbocycles. The van der Waals surface area contributed by atoms with Crippen molar-refractivity contribution in [2.24, 2.45) is 4.99 Å². The summed E-state index contributed by atoms with van der Waals surface area (Å²) < 4.78 is 5.50. The van der Waals surface area contributed by atoms with E-state index in [0.717, 1.165) is 43.5 Å². The molecule has 0 fully saturated rings. The van der Waals surface area contributed by atoms with Gasteiger partial charge in [0.25, 0.3) is 0 Å². The van der Waals surface area contributed by atoms with Crippen LogP contribution in [0, 0.1) is 0 Å². The van der Waals surface area contributed by atoms with Crippen LogP contribution < -0.4 is 10.6 Å². The lowest BCUT2D eigenvalue weighted by molar-refractivity contribution is 0.506. The van der Waals surface area contributed by atoms with Crippen molar-refractivity contribution in [2.75, 3.05) is 37.9 Å². The Kier molecular flexibility index (Phi) is 12.4. The van der Waals surface area contributed by atoms with Crippen molar-refractivity contribution in [1.29, 1.82) is 0 Å². The van der Waals surface area contributed by atoms with E-state index in [9.17, 15) is 0 Å². The average molecular weight is 457 g/mol. The summed E-state index contributed by atoms with van der Waals surface area (Å²) in [5, 5.41) is 6.75. The van der Waals surface area contributed by atoms with Crippen LogP contribution in [0.25, 0.3) is 0 Å². The molecule has 0 atom stereocenters. The number of hydrogen-bond acceptors (Lipinski definition) is 4. The van der Waals surface area contributed by atoms with Crippen LogP contribution in [0.5, 0.6) is 0 Å². The van der Waals surface area contributed by atoms with Gasteiger partial charge in [0.1, 0.15) is 5.76 Å². The normalized spacial score (nSPS) is 11.9. The molecule has 1 heterocycles. The molecular weight excluding hydrogens is 429 g/mol. The minimum atomic E-state index is 0.